The van der Waals surface area contributed by atoms with Crippen molar-refractivity contribution in [2.75, 3.05) is 0 Å². The predicted octanol–water partition coefficient (Wildman–Crippen LogP) is 9.38. The minimum absolute atomic E-state index is 0.0892. The second-order valence-electron chi connectivity index (χ2n) is 7.59. The lowest BCUT2D eigenvalue weighted by atomic mass is 10.2. The van der Waals surface area contributed by atoms with Gasteiger partial charge in [-0.15, -0.1) is 0 Å². The fourth-order valence-electron chi connectivity index (χ4n) is 3.10. The van der Waals surface area contributed by atoms with Gasteiger partial charge in [0.25, 0.3) is 0 Å². The Kier molecular flexibility index (Phi) is 8.88. The molecule has 0 saturated carbocycles. The quantitative estimate of drug-likeness (QED) is 0.0691. The lowest BCUT2D eigenvalue weighted by molar-refractivity contribution is 0.377. The molecule has 40 heavy (non-hydrogen) atoms. The fourth-order valence-corrected chi connectivity index (χ4v) is 5.34. The van der Waals surface area contributed by atoms with E-state index in [9.17, 15) is 43.9 Å². The van der Waals surface area contributed by atoms with Crippen LogP contribution in [-0.2, 0) is 0 Å². The maximum atomic E-state index is 14.0. The first-order valence-electron chi connectivity index (χ1n) is 10.7. The Balaban J connectivity index is 1.60. The average molecular weight is 604 g/mol. The van der Waals surface area contributed by atoms with Crippen molar-refractivity contribution in [3.8, 4) is 0 Å². The highest BCUT2D eigenvalue weighted by atomic mass is 33.1. The van der Waals surface area contributed by atoms with Crippen molar-refractivity contribution < 1.29 is 43.9 Å². The first-order valence-corrected chi connectivity index (χ1v) is 12.8. The molecule has 0 fully saturated rings. The smallest absolute Gasteiger partial charge is 0.200 e. The molecule has 4 rings (SSSR count). The molecule has 0 aromatic heterocycles. The summed E-state index contributed by atoms with van der Waals surface area (Å²) >= 11 is 0. The van der Waals surface area contributed by atoms with Crippen molar-refractivity contribution in [3.63, 3.8) is 0 Å². The summed E-state index contributed by atoms with van der Waals surface area (Å²) in [6.07, 6.45) is 0.977. The number of rotatable bonds is 7. The highest BCUT2D eigenvalue weighted by molar-refractivity contribution is 8.76. The standard InChI is InChI=1S/C26H10F10N2S2/c27-17-11(18(28)22(32)25(35)21(17)31)9-37-13-5-1-3-7-15(13)39-40-16-8-4-2-6-14(16)38-10-12-19(29)23(33)26(36)24(34)20(12)30/h1-10H. The van der Waals surface area contributed by atoms with E-state index in [2.05, 4.69) is 9.98 Å². The molecule has 0 bridgehead atoms. The summed E-state index contributed by atoms with van der Waals surface area (Å²) in [6.45, 7) is 0. The molecule has 4 aromatic carbocycles. The molecule has 0 N–H and O–H groups in total. The van der Waals surface area contributed by atoms with E-state index in [0.29, 0.717) is 22.2 Å². The first-order chi connectivity index (χ1) is 19.0. The molecule has 206 valence electrons. The van der Waals surface area contributed by atoms with Gasteiger partial charge < -0.3 is 0 Å². The van der Waals surface area contributed by atoms with Crippen LogP contribution >= 0.6 is 21.6 Å². The van der Waals surface area contributed by atoms with Crippen LogP contribution in [0.5, 0.6) is 0 Å². The molecule has 0 radical (unpaired) electrons. The zero-order valence-corrected chi connectivity index (χ0v) is 20.9. The number of nitrogens with zero attached hydrogens (tertiary/aromatic N) is 2. The van der Waals surface area contributed by atoms with Gasteiger partial charge in [0.2, 0.25) is 11.6 Å². The Morgan fingerprint density at radius 3 is 1.00 bits per heavy atom. The Morgan fingerprint density at radius 1 is 0.400 bits per heavy atom. The lowest BCUT2D eigenvalue weighted by Gasteiger charge is -2.08. The molecule has 0 amide bonds. The predicted molar refractivity (Wildman–Crippen MR) is 132 cm³/mol. The second-order valence-corrected chi connectivity index (χ2v) is 9.80. The minimum atomic E-state index is -2.30. The Labute approximate surface area is 226 Å². The van der Waals surface area contributed by atoms with Crippen molar-refractivity contribution in [2.45, 2.75) is 9.79 Å². The normalized spacial score (nSPS) is 11.8. The third-order valence-electron chi connectivity index (χ3n) is 5.10. The van der Waals surface area contributed by atoms with E-state index in [1.807, 2.05) is 0 Å². The van der Waals surface area contributed by atoms with Crippen LogP contribution in [0.2, 0.25) is 0 Å². The summed E-state index contributed by atoms with van der Waals surface area (Å²) in [4.78, 5) is 8.44. The minimum Gasteiger partial charge on any atom is -0.255 e. The number of para-hydroxylation sites is 2. The third-order valence-corrected chi connectivity index (χ3v) is 7.56. The van der Waals surface area contributed by atoms with E-state index in [4.69, 9.17) is 0 Å². The molecular formula is C26H10F10N2S2. The number of hydrogen-bond acceptors (Lipinski definition) is 4. The SMILES string of the molecule is Fc1c(F)c(F)c(C=Nc2ccccc2SSc2ccccc2N=Cc2c(F)c(F)c(F)c(F)c2F)c(F)c1F. The van der Waals surface area contributed by atoms with Crippen molar-refractivity contribution in [1.82, 2.24) is 0 Å². The Bertz CT molecular complexity index is 1490. The van der Waals surface area contributed by atoms with Crippen LogP contribution < -0.4 is 0 Å². The summed E-state index contributed by atoms with van der Waals surface area (Å²) in [5.74, 6) is -21.3. The highest BCUT2D eigenvalue weighted by Crippen LogP contribution is 2.45. The third kappa shape index (κ3) is 5.72. The van der Waals surface area contributed by atoms with Gasteiger partial charge in [-0.25, -0.2) is 43.9 Å². The molecule has 0 atom stereocenters. The molecule has 14 heteroatoms. The van der Waals surface area contributed by atoms with E-state index in [1.165, 1.54) is 36.4 Å². The highest BCUT2D eigenvalue weighted by Gasteiger charge is 2.26. The number of benzene rings is 4. The van der Waals surface area contributed by atoms with Crippen LogP contribution in [0.4, 0.5) is 55.3 Å². The number of aliphatic imine (C=N–C) groups is 2. The largest absolute Gasteiger partial charge is 0.255 e. The molecule has 0 heterocycles. The monoisotopic (exact) mass is 604 g/mol. The van der Waals surface area contributed by atoms with Crippen LogP contribution in [0.1, 0.15) is 11.1 Å². The van der Waals surface area contributed by atoms with Gasteiger partial charge in [-0.1, -0.05) is 45.9 Å². The second kappa shape index (κ2) is 12.2. The molecule has 0 unspecified atom stereocenters. The van der Waals surface area contributed by atoms with Gasteiger partial charge in [0.15, 0.2) is 46.5 Å². The fraction of sp³-hybridized carbons (Fsp3) is 0. The van der Waals surface area contributed by atoms with Crippen LogP contribution in [0, 0.1) is 58.2 Å². The molecule has 0 aliphatic rings. The Hall–Kier alpha value is -3.78. The van der Waals surface area contributed by atoms with E-state index < -0.39 is 69.3 Å². The van der Waals surface area contributed by atoms with Gasteiger partial charge in [-0.05, 0) is 24.3 Å². The summed E-state index contributed by atoms with van der Waals surface area (Å²) in [7, 11) is 2.03. The van der Waals surface area contributed by atoms with Gasteiger partial charge >= 0.3 is 0 Å². The average Bonchev–Trinajstić information content (AvgIpc) is 2.96. The zero-order valence-electron chi connectivity index (χ0n) is 19.3. The van der Waals surface area contributed by atoms with E-state index in [-0.39, 0.29) is 11.4 Å². The van der Waals surface area contributed by atoms with Crippen molar-refractivity contribution in [3.05, 3.63) is 118 Å². The zero-order chi connectivity index (χ0) is 29.1. The summed E-state index contributed by atoms with van der Waals surface area (Å²) in [5, 5.41) is 0. The van der Waals surface area contributed by atoms with Crippen LogP contribution in [0.25, 0.3) is 0 Å². The molecule has 0 aliphatic heterocycles. The van der Waals surface area contributed by atoms with Crippen LogP contribution in [0.3, 0.4) is 0 Å². The van der Waals surface area contributed by atoms with E-state index in [1.54, 1.807) is 12.1 Å². The summed E-state index contributed by atoms with van der Waals surface area (Å²) in [5.41, 5.74) is -2.30. The van der Waals surface area contributed by atoms with E-state index >= 15 is 0 Å². The van der Waals surface area contributed by atoms with Gasteiger partial charge in [0.1, 0.15) is 0 Å². The van der Waals surface area contributed by atoms with Gasteiger partial charge in [-0.3, -0.25) is 9.98 Å². The molecule has 0 saturated heterocycles. The lowest BCUT2D eigenvalue weighted by Crippen LogP contribution is -2.06. The van der Waals surface area contributed by atoms with Crippen molar-refractivity contribution in [2.24, 2.45) is 9.98 Å². The molecule has 0 spiro atoms. The van der Waals surface area contributed by atoms with Crippen molar-refractivity contribution in [1.29, 1.82) is 0 Å². The maximum absolute atomic E-state index is 14.0. The van der Waals surface area contributed by atoms with Gasteiger partial charge in [-0.2, -0.15) is 0 Å². The van der Waals surface area contributed by atoms with Crippen LogP contribution in [-0.4, -0.2) is 12.4 Å². The van der Waals surface area contributed by atoms with Gasteiger partial charge in [0, 0.05) is 22.2 Å². The van der Waals surface area contributed by atoms with Crippen molar-refractivity contribution >= 4 is 45.4 Å². The molecule has 4 aromatic rings. The topological polar surface area (TPSA) is 24.7 Å². The van der Waals surface area contributed by atoms with E-state index in [0.717, 1.165) is 21.6 Å². The Morgan fingerprint density at radius 2 is 0.675 bits per heavy atom. The summed E-state index contributed by atoms with van der Waals surface area (Å²) in [6, 6.07) is 12.0. The molecule has 2 nitrogen and oxygen atoms in total. The maximum Gasteiger partial charge on any atom is 0.200 e. The summed E-state index contributed by atoms with van der Waals surface area (Å²) < 4.78 is 136. The number of hydrogen-bond donors (Lipinski definition) is 0. The number of halogens is 10. The first kappa shape index (κ1) is 29.2. The molecular weight excluding hydrogens is 594 g/mol. The van der Waals surface area contributed by atoms with Gasteiger partial charge in [0.05, 0.1) is 22.5 Å². The van der Waals surface area contributed by atoms with Crippen LogP contribution in [0.15, 0.2) is 68.3 Å². The molecule has 0 aliphatic carbocycles.